The van der Waals surface area contributed by atoms with Gasteiger partial charge in [-0.25, -0.2) is 0 Å². The molecule has 1 unspecified atom stereocenters. The van der Waals surface area contributed by atoms with Crippen molar-refractivity contribution in [1.29, 1.82) is 0 Å². The monoisotopic (exact) mass is 244 g/mol. The number of hydrogen-bond acceptors (Lipinski definition) is 1. The van der Waals surface area contributed by atoms with E-state index in [2.05, 4.69) is 49.6 Å². The van der Waals surface area contributed by atoms with Gasteiger partial charge in [0.05, 0.1) is 0 Å². The van der Waals surface area contributed by atoms with Gasteiger partial charge in [0, 0.05) is 23.4 Å². The minimum absolute atomic E-state index is 0.276. The summed E-state index contributed by atoms with van der Waals surface area (Å²) in [5.74, 6) is 0. The standard InChI is InChI=1S/C16H24N2/c1-4-7-15-13(3)14(10-9-12(2)17)16-8-5-6-11-18(15)16/h5-6,8,11-12H,4,7,9-10,17H2,1-3H3. The number of rotatable bonds is 5. The van der Waals surface area contributed by atoms with E-state index in [0.29, 0.717) is 0 Å². The van der Waals surface area contributed by atoms with Gasteiger partial charge in [-0.15, -0.1) is 0 Å². The molecule has 0 aromatic carbocycles. The topological polar surface area (TPSA) is 30.4 Å². The van der Waals surface area contributed by atoms with Gasteiger partial charge in [-0.3, -0.25) is 0 Å². The molecular weight excluding hydrogens is 220 g/mol. The first-order chi connectivity index (χ1) is 8.65. The van der Waals surface area contributed by atoms with Crippen LogP contribution in [0.3, 0.4) is 0 Å². The molecule has 1 atom stereocenters. The molecule has 0 fully saturated rings. The van der Waals surface area contributed by atoms with E-state index in [1.54, 1.807) is 0 Å². The van der Waals surface area contributed by atoms with Crippen molar-refractivity contribution in [3.05, 3.63) is 41.2 Å². The highest BCUT2D eigenvalue weighted by molar-refractivity contribution is 5.61. The van der Waals surface area contributed by atoms with Crippen molar-refractivity contribution in [2.45, 2.75) is 52.5 Å². The van der Waals surface area contributed by atoms with Crippen molar-refractivity contribution in [2.24, 2.45) is 5.73 Å². The second-order valence-electron chi connectivity index (χ2n) is 5.27. The zero-order valence-electron chi connectivity index (χ0n) is 11.7. The molecule has 2 N–H and O–H groups in total. The molecule has 0 amide bonds. The van der Waals surface area contributed by atoms with Crippen molar-refractivity contribution in [2.75, 3.05) is 0 Å². The molecule has 2 aromatic heterocycles. The highest BCUT2D eigenvalue weighted by atomic mass is 14.9. The Kier molecular flexibility index (Phi) is 4.07. The van der Waals surface area contributed by atoms with Crippen LogP contribution in [0, 0.1) is 6.92 Å². The van der Waals surface area contributed by atoms with Crippen LogP contribution in [0.5, 0.6) is 0 Å². The molecule has 0 saturated heterocycles. The molecule has 0 aliphatic carbocycles. The van der Waals surface area contributed by atoms with Crippen LogP contribution in [0.15, 0.2) is 24.4 Å². The Hall–Kier alpha value is -1.28. The summed E-state index contributed by atoms with van der Waals surface area (Å²) in [6, 6.07) is 6.74. The fourth-order valence-corrected chi connectivity index (χ4v) is 2.70. The van der Waals surface area contributed by atoms with E-state index in [1.165, 1.54) is 28.8 Å². The molecule has 2 heteroatoms. The number of hydrogen-bond donors (Lipinski definition) is 1. The van der Waals surface area contributed by atoms with E-state index in [0.717, 1.165) is 19.3 Å². The maximum Gasteiger partial charge on any atom is 0.0487 e. The first-order valence-electron chi connectivity index (χ1n) is 6.98. The molecule has 98 valence electrons. The predicted molar refractivity (Wildman–Crippen MR) is 78.1 cm³/mol. The summed E-state index contributed by atoms with van der Waals surface area (Å²) in [6.45, 7) is 6.58. The van der Waals surface area contributed by atoms with Gasteiger partial charge in [0.2, 0.25) is 0 Å². The lowest BCUT2D eigenvalue weighted by molar-refractivity contribution is 0.666. The first-order valence-corrected chi connectivity index (χ1v) is 6.98. The molecular formula is C16H24N2. The molecule has 0 radical (unpaired) electrons. The Labute approximate surface area is 110 Å². The van der Waals surface area contributed by atoms with E-state index in [-0.39, 0.29) is 6.04 Å². The van der Waals surface area contributed by atoms with E-state index >= 15 is 0 Å². The summed E-state index contributed by atoms with van der Waals surface area (Å²) in [6.07, 6.45) is 6.66. The largest absolute Gasteiger partial charge is 0.328 e. The number of fused-ring (bicyclic) bond motifs is 1. The van der Waals surface area contributed by atoms with Crippen molar-refractivity contribution < 1.29 is 0 Å². The van der Waals surface area contributed by atoms with Gasteiger partial charge in [0.25, 0.3) is 0 Å². The summed E-state index contributed by atoms with van der Waals surface area (Å²) < 4.78 is 2.36. The van der Waals surface area contributed by atoms with E-state index in [4.69, 9.17) is 5.73 Å². The molecule has 18 heavy (non-hydrogen) atoms. The molecule has 0 spiro atoms. The average Bonchev–Trinajstić information content (AvgIpc) is 2.61. The number of aromatic nitrogens is 1. The first kappa shape index (κ1) is 13.2. The van der Waals surface area contributed by atoms with Crippen molar-refractivity contribution in [3.8, 4) is 0 Å². The third-order valence-corrected chi connectivity index (χ3v) is 3.68. The summed E-state index contributed by atoms with van der Waals surface area (Å²) in [7, 11) is 0. The summed E-state index contributed by atoms with van der Waals surface area (Å²) in [5.41, 5.74) is 11.7. The van der Waals surface area contributed by atoms with Gasteiger partial charge in [-0.1, -0.05) is 19.4 Å². The minimum atomic E-state index is 0.276. The van der Waals surface area contributed by atoms with Crippen LogP contribution in [-0.2, 0) is 12.8 Å². The molecule has 0 saturated carbocycles. The van der Waals surface area contributed by atoms with Crippen molar-refractivity contribution >= 4 is 5.52 Å². The van der Waals surface area contributed by atoms with Crippen LogP contribution in [0.4, 0.5) is 0 Å². The molecule has 0 bridgehead atoms. The molecule has 2 rings (SSSR count). The molecule has 0 aliphatic heterocycles. The van der Waals surface area contributed by atoms with E-state index < -0.39 is 0 Å². The van der Waals surface area contributed by atoms with E-state index in [9.17, 15) is 0 Å². The Bertz CT molecular complexity index is 523. The van der Waals surface area contributed by atoms with Gasteiger partial charge < -0.3 is 10.1 Å². The van der Waals surface area contributed by atoms with Crippen LogP contribution in [0.25, 0.3) is 5.52 Å². The zero-order valence-corrected chi connectivity index (χ0v) is 11.7. The van der Waals surface area contributed by atoms with Crippen molar-refractivity contribution in [1.82, 2.24) is 4.40 Å². The lowest BCUT2D eigenvalue weighted by Gasteiger charge is -2.05. The van der Waals surface area contributed by atoms with Gasteiger partial charge in [0.15, 0.2) is 0 Å². The van der Waals surface area contributed by atoms with Gasteiger partial charge in [-0.2, -0.15) is 0 Å². The van der Waals surface area contributed by atoms with Crippen LogP contribution in [0.1, 0.15) is 43.5 Å². The maximum atomic E-state index is 5.89. The molecule has 2 nitrogen and oxygen atoms in total. The van der Waals surface area contributed by atoms with E-state index in [1.807, 2.05) is 0 Å². The normalized spacial score (nSPS) is 13.1. The summed E-state index contributed by atoms with van der Waals surface area (Å²) in [4.78, 5) is 0. The third kappa shape index (κ3) is 2.44. The highest BCUT2D eigenvalue weighted by Crippen LogP contribution is 2.25. The number of nitrogens with two attached hydrogens (primary N) is 1. The smallest absolute Gasteiger partial charge is 0.0487 e. The Balaban J connectivity index is 2.47. The maximum absolute atomic E-state index is 5.89. The van der Waals surface area contributed by atoms with Crippen molar-refractivity contribution in [3.63, 3.8) is 0 Å². The number of nitrogens with zero attached hydrogens (tertiary/aromatic N) is 1. The molecule has 0 aliphatic rings. The van der Waals surface area contributed by atoms with Gasteiger partial charge >= 0.3 is 0 Å². The van der Waals surface area contributed by atoms with Crippen LogP contribution >= 0.6 is 0 Å². The average molecular weight is 244 g/mol. The second kappa shape index (κ2) is 5.57. The lowest BCUT2D eigenvalue weighted by Crippen LogP contribution is -2.15. The van der Waals surface area contributed by atoms with Crippen LogP contribution < -0.4 is 5.73 Å². The van der Waals surface area contributed by atoms with Gasteiger partial charge in [-0.05, 0) is 56.4 Å². The Morgan fingerprint density at radius 1 is 1.28 bits per heavy atom. The summed E-state index contributed by atoms with van der Waals surface area (Å²) >= 11 is 0. The molecule has 2 heterocycles. The Morgan fingerprint density at radius 2 is 2.06 bits per heavy atom. The van der Waals surface area contributed by atoms with Gasteiger partial charge in [0.1, 0.15) is 0 Å². The minimum Gasteiger partial charge on any atom is -0.328 e. The van der Waals surface area contributed by atoms with Crippen LogP contribution in [-0.4, -0.2) is 10.4 Å². The third-order valence-electron chi connectivity index (χ3n) is 3.68. The van der Waals surface area contributed by atoms with Crippen LogP contribution in [0.2, 0.25) is 0 Å². The SMILES string of the molecule is CCCc1c(C)c(CCC(C)N)c2ccccn12. The predicted octanol–water partition coefficient (Wildman–Crippen LogP) is 3.48. The fraction of sp³-hybridized carbons (Fsp3) is 0.500. The fourth-order valence-electron chi connectivity index (χ4n) is 2.70. The Morgan fingerprint density at radius 3 is 2.72 bits per heavy atom. The number of aryl methyl sites for hydroxylation is 2. The lowest BCUT2D eigenvalue weighted by atomic mass is 10.0. The second-order valence-corrected chi connectivity index (χ2v) is 5.27. The zero-order chi connectivity index (χ0) is 13.1. The highest BCUT2D eigenvalue weighted by Gasteiger charge is 2.13. The molecule has 2 aromatic rings. The number of pyridine rings is 1. The quantitative estimate of drug-likeness (QED) is 0.857. The summed E-state index contributed by atoms with van der Waals surface area (Å²) in [5, 5.41) is 0.